The highest BCUT2D eigenvalue weighted by molar-refractivity contribution is 5.21. The topological polar surface area (TPSA) is 21.3 Å². The van der Waals surface area contributed by atoms with Crippen molar-refractivity contribution in [2.24, 2.45) is 51.2 Å². The van der Waals surface area contributed by atoms with Gasteiger partial charge in [-0.1, -0.05) is 32.9 Å². The van der Waals surface area contributed by atoms with Crippen LogP contribution < -0.4 is 5.32 Å². The quantitative estimate of drug-likeness (QED) is 0.442. The zero-order chi connectivity index (χ0) is 23.9. The van der Waals surface area contributed by atoms with E-state index in [2.05, 4.69) is 53.4 Å². The molecule has 5 rings (SSSR count). The first-order valence-electron chi connectivity index (χ1n) is 14.3. The van der Waals surface area contributed by atoms with Gasteiger partial charge in [0, 0.05) is 12.6 Å². The van der Waals surface area contributed by atoms with Crippen LogP contribution in [0.3, 0.4) is 0 Å². The highest BCUT2D eigenvalue weighted by Crippen LogP contribution is 2.76. The average molecular weight is 456 g/mol. The molecule has 188 valence electrons. The van der Waals surface area contributed by atoms with Crippen LogP contribution in [0, 0.1) is 51.2 Å². The molecule has 0 bridgehead atoms. The Morgan fingerprint density at radius 3 is 2.33 bits per heavy atom. The van der Waals surface area contributed by atoms with Crippen molar-refractivity contribution in [1.82, 2.24) is 5.32 Å². The van der Waals surface area contributed by atoms with Gasteiger partial charge in [-0.2, -0.15) is 0 Å². The molecular weight excluding hydrogens is 402 g/mol. The zero-order valence-electron chi connectivity index (χ0n) is 23.0. The number of rotatable bonds is 3. The molecule has 0 radical (unpaired) electrons. The summed E-state index contributed by atoms with van der Waals surface area (Å²) in [6.45, 7) is 22.3. The second-order valence-electron chi connectivity index (χ2n) is 14.7. The Morgan fingerprint density at radius 1 is 0.879 bits per heavy atom. The third kappa shape index (κ3) is 3.18. The molecule has 0 spiro atoms. The predicted molar refractivity (Wildman–Crippen MR) is 139 cm³/mol. The van der Waals surface area contributed by atoms with Gasteiger partial charge < -0.3 is 10.1 Å². The molecule has 0 aromatic rings. The van der Waals surface area contributed by atoms with Crippen LogP contribution in [0.1, 0.15) is 106 Å². The lowest BCUT2D eigenvalue weighted by molar-refractivity contribution is -0.227. The lowest BCUT2D eigenvalue weighted by atomic mass is 9.33. The molecule has 1 heterocycles. The van der Waals surface area contributed by atoms with Crippen LogP contribution in [0.5, 0.6) is 0 Å². The molecular formula is C31H53NO. The molecule has 1 N–H and O–H groups in total. The van der Waals surface area contributed by atoms with E-state index in [0.717, 1.165) is 30.3 Å². The van der Waals surface area contributed by atoms with Crippen molar-refractivity contribution in [1.29, 1.82) is 0 Å². The molecule has 0 aromatic carbocycles. The fourth-order valence-corrected chi connectivity index (χ4v) is 11.7. The van der Waals surface area contributed by atoms with E-state index < -0.39 is 0 Å². The highest BCUT2D eigenvalue weighted by Gasteiger charge is 2.70. The second-order valence-corrected chi connectivity index (χ2v) is 14.7. The van der Waals surface area contributed by atoms with Crippen molar-refractivity contribution < 1.29 is 4.74 Å². The number of hydrogen-bond donors (Lipinski definition) is 1. The summed E-state index contributed by atoms with van der Waals surface area (Å²) in [5.41, 5.74) is 3.50. The molecule has 5 aliphatic rings. The van der Waals surface area contributed by atoms with Crippen LogP contribution in [0.2, 0.25) is 0 Å². The number of methoxy groups -OCH3 is 1. The van der Waals surface area contributed by atoms with Crippen molar-refractivity contribution in [2.45, 2.75) is 111 Å². The summed E-state index contributed by atoms with van der Waals surface area (Å²) < 4.78 is 5.95. The number of ether oxygens (including phenoxy) is 1. The van der Waals surface area contributed by atoms with Gasteiger partial charge in [0.25, 0.3) is 0 Å². The number of allylic oxidation sites excluding steroid dienone is 1. The molecule has 5 fully saturated rings. The lowest BCUT2D eigenvalue weighted by Crippen LogP contribution is -2.66. The van der Waals surface area contributed by atoms with E-state index >= 15 is 0 Å². The molecule has 9 atom stereocenters. The van der Waals surface area contributed by atoms with Crippen molar-refractivity contribution in [3.05, 3.63) is 12.2 Å². The van der Waals surface area contributed by atoms with E-state index in [0.29, 0.717) is 27.6 Å². The van der Waals surface area contributed by atoms with E-state index in [9.17, 15) is 0 Å². The molecule has 1 saturated heterocycles. The summed E-state index contributed by atoms with van der Waals surface area (Å²) in [6, 6.07) is 0. The van der Waals surface area contributed by atoms with Crippen LogP contribution in [-0.2, 0) is 4.74 Å². The van der Waals surface area contributed by atoms with Crippen molar-refractivity contribution in [2.75, 3.05) is 20.3 Å². The fourth-order valence-electron chi connectivity index (χ4n) is 11.7. The van der Waals surface area contributed by atoms with Gasteiger partial charge in [0.1, 0.15) is 0 Å². The Hall–Kier alpha value is -0.340. The molecule has 0 unspecified atom stereocenters. The van der Waals surface area contributed by atoms with Gasteiger partial charge in [0.05, 0.1) is 6.61 Å². The molecule has 33 heavy (non-hydrogen) atoms. The Balaban J connectivity index is 1.55. The number of hydrogen-bond acceptors (Lipinski definition) is 2. The third-order valence-electron chi connectivity index (χ3n) is 13.3. The second kappa shape index (κ2) is 7.83. The maximum atomic E-state index is 5.95. The van der Waals surface area contributed by atoms with Gasteiger partial charge in [-0.05, 0) is 143 Å². The summed E-state index contributed by atoms with van der Waals surface area (Å²) >= 11 is 0. The smallest absolute Gasteiger partial charge is 0.0521 e. The minimum absolute atomic E-state index is 0.265. The summed E-state index contributed by atoms with van der Waals surface area (Å²) in [6.07, 6.45) is 14.0. The van der Waals surface area contributed by atoms with Crippen LogP contribution in [0.25, 0.3) is 0 Å². The third-order valence-corrected chi connectivity index (χ3v) is 13.3. The molecule has 1 aliphatic heterocycles. The summed E-state index contributed by atoms with van der Waals surface area (Å²) in [4.78, 5) is 0. The molecule has 4 saturated carbocycles. The van der Waals surface area contributed by atoms with Crippen molar-refractivity contribution in [3.8, 4) is 0 Å². The molecule has 0 aromatic heterocycles. The van der Waals surface area contributed by atoms with Crippen molar-refractivity contribution in [3.63, 3.8) is 0 Å². The Bertz CT molecular complexity index is 788. The van der Waals surface area contributed by atoms with E-state index in [1.807, 2.05) is 7.11 Å². The standard InChI is InChI=1S/C31H53NO/c1-21(2)22-12-16-31(20-33-8)18-17-29(6)23(26(22)31)10-11-25-28(5)14-9-19-32-27(3,4)24(28)13-15-30(25,29)7/h22-26,32H,1,9-20H2,2-8H3/t22-,23+,24-,25+,26+,28-,29+,30+,31+/m0/s1. The maximum absolute atomic E-state index is 5.95. The summed E-state index contributed by atoms with van der Waals surface area (Å²) in [5, 5.41) is 3.96. The largest absolute Gasteiger partial charge is 0.384 e. The van der Waals surface area contributed by atoms with Crippen LogP contribution >= 0.6 is 0 Å². The maximum Gasteiger partial charge on any atom is 0.0521 e. The normalized spacial score (nSPS) is 53.2. The minimum Gasteiger partial charge on any atom is -0.384 e. The Labute approximate surface area is 205 Å². The van der Waals surface area contributed by atoms with Crippen LogP contribution in [-0.4, -0.2) is 25.8 Å². The average Bonchev–Trinajstić information content (AvgIpc) is 3.06. The van der Waals surface area contributed by atoms with Gasteiger partial charge in [0.15, 0.2) is 0 Å². The van der Waals surface area contributed by atoms with Gasteiger partial charge >= 0.3 is 0 Å². The predicted octanol–water partition coefficient (Wildman–Crippen LogP) is 7.63. The number of nitrogens with one attached hydrogen (secondary N) is 1. The Morgan fingerprint density at radius 2 is 1.64 bits per heavy atom. The fraction of sp³-hybridized carbons (Fsp3) is 0.935. The SMILES string of the molecule is C=C(C)[C@@H]1CC[C@]2(COC)CC[C@]3(C)[C@H](CC[C@@H]4[C@@]5(C)CCCNC(C)(C)[C@@H]5CC[C@]43C)[C@@H]12. The first-order valence-corrected chi connectivity index (χ1v) is 14.3. The first-order chi connectivity index (χ1) is 15.5. The van der Waals surface area contributed by atoms with Gasteiger partial charge in [-0.15, -0.1) is 0 Å². The van der Waals surface area contributed by atoms with Crippen LogP contribution in [0.15, 0.2) is 12.2 Å². The van der Waals surface area contributed by atoms with E-state index in [1.54, 1.807) is 0 Å². The first kappa shape index (κ1) is 24.4. The van der Waals surface area contributed by atoms with E-state index in [1.165, 1.54) is 76.3 Å². The van der Waals surface area contributed by atoms with Gasteiger partial charge in [0.2, 0.25) is 0 Å². The molecule has 2 heteroatoms. The van der Waals surface area contributed by atoms with E-state index in [-0.39, 0.29) is 5.54 Å². The summed E-state index contributed by atoms with van der Waals surface area (Å²) in [7, 11) is 1.94. The molecule has 4 aliphatic carbocycles. The van der Waals surface area contributed by atoms with E-state index in [4.69, 9.17) is 4.74 Å². The molecule has 2 nitrogen and oxygen atoms in total. The highest BCUT2D eigenvalue weighted by atomic mass is 16.5. The zero-order valence-corrected chi connectivity index (χ0v) is 23.0. The van der Waals surface area contributed by atoms with Gasteiger partial charge in [-0.25, -0.2) is 0 Å². The van der Waals surface area contributed by atoms with Crippen LogP contribution in [0.4, 0.5) is 0 Å². The lowest BCUT2D eigenvalue weighted by Gasteiger charge is -2.71. The van der Waals surface area contributed by atoms with Gasteiger partial charge in [-0.3, -0.25) is 0 Å². The van der Waals surface area contributed by atoms with Crippen molar-refractivity contribution >= 4 is 0 Å². The summed E-state index contributed by atoms with van der Waals surface area (Å²) in [5.74, 6) is 3.99. The Kier molecular flexibility index (Phi) is 5.78. The minimum atomic E-state index is 0.265. The number of fused-ring (bicyclic) bond motifs is 7. The molecule has 0 amide bonds. The monoisotopic (exact) mass is 455 g/mol.